The number of primary amides is 1. The van der Waals surface area contributed by atoms with Gasteiger partial charge in [-0.3, -0.25) is 9.59 Å². The minimum atomic E-state index is -1.22. The number of amides is 2. The number of hydrogen-bond acceptors (Lipinski definition) is 5. The Bertz CT molecular complexity index is 1290. The third kappa shape index (κ3) is 8.60. The molecule has 0 spiro atoms. The first-order chi connectivity index (χ1) is 20.0. The molecule has 0 saturated heterocycles. The fraction of sp³-hybridized carbons (Fsp3) is 0.455. The Morgan fingerprint density at radius 1 is 1.10 bits per heavy atom. The third-order valence-corrected chi connectivity index (χ3v) is 8.12. The average Bonchev–Trinajstić information content (AvgIpc) is 2.94. The van der Waals surface area contributed by atoms with Gasteiger partial charge < -0.3 is 25.8 Å². The molecule has 9 heteroatoms. The van der Waals surface area contributed by atoms with Crippen LogP contribution < -0.4 is 15.8 Å². The number of aliphatic hydroxyl groups excluding tert-OH is 1. The van der Waals surface area contributed by atoms with Crippen LogP contribution in [0.2, 0.25) is 10.0 Å². The van der Waals surface area contributed by atoms with E-state index in [-0.39, 0.29) is 18.9 Å². The fourth-order valence-electron chi connectivity index (χ4n) is 5.91. The van der Waals surface area contributed by atoms with Gasteiger partial charge in [-0.15, -0.1) is 0 Å². The van der Waals surface area contributed by atoms with Crippen molar-refractivity contribution in [2.45, 2.75) is 59.1 Å². The van der Waals surface area contributed by atoms with Crippen molar-refractivity contribution in [3.63, 3.8) is 0 Å². The van der Waals surface area contributed by atoms with E-state index < -0.39 is 23.3 Å². The molecule has 228 valence electrons. The van der Waals surface area contributed by atoms with Crippen LogP contribution in [0, 0.1) is 11.3 Å². The fourth-order valence-corrected chi connectivity index (χ4v) is 6.49. The van der Waals surface area contributed by atoms with E-state index in [0.29, 0.717) is 41.7 Å². The minimum absolute atomic E-state index is 0.0916. The van der Waals surface area contributed by atoms with Crippen LogP contribution in [0.25, 0.3) is 0 Å². The number of ether oxygens (including phenoxy) is 1. The molecule has 0 saturated carbocycles. The Hall–Kier alpha value is -2.84. The molecule has 2 aromatic rings. The number of allylic oxidation sites excluding steroid dienone is 2. The van der Waals surface area contributed by atoms with Crippen LogP contribution in [0.4, 0.5) is 0 Å². The van der Waals surface area contributed by atoms with Crippen molar-refractivity contribution in [3.8, 4) is 5.75 Å². The molecule has 0 aromatic heterocycles. The SMILES string of the molecule is CCCN(CCC)C(=O)C1([C@H](Cc2cc(Cl)cc(Cl)c2)[C@@H](O)CNCc2cccc(OC)c2)C=C(C)C=C(C(N)=O)C1. The maximum absolute atomic E-state index is 14.7. The molecule has 1 aliphatic carbocycles. The lowest BCUT2D eigenvalue weighted by Gasteiger charge is -2.45. The Morgan fingerprint density at radius 2 is 1.76 bits per heavy atom. The molecule has 3 atom stereocenters. The number of nitrogens with zero attached hydrogens (tertiary/aromatic N) is 1. The number of benzene rings is 2. The summed E-state index contributed by atoms with van der Waals surface area (Å²) in [5, 5.41) is 16.2. The Balaban J connectivity index is 2.08. The van der Waals surface area contributed by atoms with Crippen LogP contribution in [-0.2, 0) is 22.6 Å². The van der Waals surface area contributed by atoms with Gasteiger partial charge in [-0.25, -0.2) is 0 Å². The maximum Gasteiger partial charge on any atom is 0.244 e. The van der Waals surface area contributed by atoms with Crippen LogP contribution in [0.15, 0.2) is 65.8 Å². The first-order valence-corrected chi connectivity index (χ1v) is 15.2. The summed E-state index contributed by atoms with van der Waals surface area (Å²) in [6.07, 6.45) is 4.63. The summed E-state index contributed by atoms with van der Waals surface area (Å²) in [6.45, 7) is 7.74. The van der Waals surface area contributed by atoms with E-state index in [1.807, 2.05) is 56.0 Å². The molecule has 1 aliphatic rings. The van der Waals surface area contributed by atoms with Gasteiger partial charge in [-0.05, 0) is 74.1 Å². The molecular weight excluding hydrogens is 573 g/mol. The van der Waals surface area contributed by atoms with Crippen molar-refractivity contribution in [1.82, 2.24) is 10.2 Å². The standard InChI is InChI=1S/C33H43Cl2N3O4/c1-5-10-38(11-6-2)32(41)33(18-22(3)12-25(19-33)31(36)40)29(16-24-13-26(34)17-27(35)14-24)30(39)21-37-20-23-8-7-9-28(15-23)42-4/h7-9,12-15,17-18,29-30,37,39H,5-6,10-11,16,19-21H2,1-4H3,(H2,36,40)/t29-,30+,33?/m1/s1. The van der Waals surface area contributed by atoms with E-state index in [1.54, 1.807) is 31.4 Å². The second kappa shape index (κ2) is 15.6. The van der Waals surface area contributed by atoms with Crippen LogP contribution in [0.3, 0.4) is 0 Å². The van der Waals surface area contributed by atoms with E-state index in [0.717, 1.165) is 35.3 Å². The average molecular weight is 617 g/mol. The second-order valence-corrected chi connectivity index (χ2v) is 11.9. The number of nitrogens with two attached hydrogens (primary N) is 1. The molecule has 0 bridgehead atoms. The summed E-state index contributed by atoms with van der Waals surface area (Å²) in [4.78, 5) is 29.0. The van der Waals surface area contributed by atoms with Crippen LogP contribution in [-0.4, -0.2) is 54.7 Å². The molecular formula is C33H43Cl2N3O4. The molecule has 0 heterocycles. The Morgan fingerprint density at radius 3 is 2.36 bits per heavy atom. The van der Waals surface area contributed by atoms with Gasteiger partial charge in [0.25, 0.3) is 0 Å². The highest BCUT2D eigenvalue weighted by atomic mass is 35.5. The smallest absolute Gasteiger partial charge is 0.244 e. The minimum Gasteiger partial charge on any atom is -0.497 e. The number of carbonyl (C=O) groups excluding carboxylic acids is 2. The number of methoxy groups -OCH3 is 1. The van der Waals surface area contributed by atoms with E-state index in [4.69, 9.17) is 33.7 Å². The quantitative estimate of drug-likeness (QED) is 0.238. The zero-order valence-electron chi connectivity index (χ0n) is 25.0. The normalized spacial score (nSPS) is 18.1. The van der Waals surface area contributed by atoms with E-state index in [9.17, 15) is 14.7 Å². The molecule has 0 aliphatic heterocycles. The monoisotopic (exact) mass is 615 g/mol. The van der Waals surface area contributed by atoms with Gasteiger partial charge in [-0.2, -0.15) is 0 Å². The van der Waals surface area contributed by atoms with Crippen LogP contribution >= 0.6 is 23.2 Å². The van der Waals surface area contributed by atoms with Gasteiger partial charge >= 0.3 is 0 Å². The van der Waals surface area contributed by atoms with Gasteiger partial charge in [0.15, 0.2) is 0 Å². The number of hydrogen-bond donors (Lipinski definition) is 3. The van der Waals surface area contributed by atoms with Crippen molar-refractivity contribution < 1.29 is 19.4 Å². The zero-order valence-corrected chi connectivity index (χ0v) is 26.5. The first-order valence-electron chi connectivity index (χ1n) is 14.5. The van der Waals surface area contributed by atoms with Gasteiger partial charge in [0.2, 0.25) is 11.8 Å². The van der Waals surface area contributed by atoms with E-state index in [1.165, 1.54) is 0 Å². The van der Waals surface area contributed by atoms with Gasteiger partial charge in [0.1, 0.15) is 5.75 Å². The van der Waals surface area contributed by atoms with Crippen molar-refractivity contribution in [1.29, 1.82) is 0 Å². The number of nitrogens with one attached hydrogen (secondary N) is 1. The van der Waals surface area contributed by atoms with Crippen LogP contribution in [0.1, 0.15) is 51.2 Å². The van der Waals surface area contributed by atoms with Crippen molar-refractivity contribution in [3.05, 3.63) is 86.9 Å². The van der Waals surface area contributed by atoms with Crippen molar-refractivity contribution >= 4 is 35.0 Å². The third-order valence-electron chi connectivity index (χ3n) is 7.68. The van der Waals surface area contributed by atoms with Gasteiger partial charge in [-0.1, -0.05) is 66.9 Å². The number of carbonyl (C=O) groups is 2. The molecule has 4 N–H and O–H groups in total. The molecule has 42 heavy (non-hydrogen) atoms. The van der Waals surface area contributed by atoms with Gasteiger partial charge in [0.05, 0.1) is 18.6 Å². The lowest BCUT2D eigenvalue weighted by atomic mass is 9.63. The van der Waals surface area contributed by atoms with E-state index in [2.05, 4.69) is 5.32 Å². The molecule has 2 aromatic carbocycles. The number of rotatable bonds is 15. The second-order valence-electron chi connectivity index (χ2n) is 11.1. The molecule has 1 unspecified atom stereocenters. The number of halogens is 2. The summed E-state index contributed by atoms with van der Waals surface area (Å²) >= 11 is 12.7. The highest BCUT2D eigenvalue weighted by Gasteiger charge is 2.50. The highest BCUT2D eigenvalue weighted by molar-refractivity contribution is 6.34. The van der Waals surface area contributed by atoms with Gasteiger partial charge in [0, 0.05) is 47.7 Å². The van der Waals surface area contributed by atoms with Crippen molar-refractivity contribution in [2.24, 2.45) is 17.1 Å². The topological polar surface area (TPSA) is 105 Å². The van der Waals surface area contributed by atoms with Crippen LogP contribution in [0.5, 0.6) is 5.75 Å². The lowest BCUT2D eigenvalue weighted by Crippen LogP contribution is -2.54. The Kier molecular flexibility index (Phi) is 12.5. The summed E-state index contributed by atoms with van der Waals surface area (Å²) in [7, 11) is 1.62. The highest BCUT2D eigenvalue weighted by Crippen LogP contribution is 2.46. The maximum atomic E-state index is 14.7. The predicted octanol–water partition coefficient (Wildman–Crippen LogP) is 5.71. The van der Waals surface area contributed by atoms with Crippen molar-refractivity contribution in [2.75, 3.05) is 26.7 Å². The zero-order chi connectivity index (χ0) is 30.9. The Labute approximate surface area is 259 Å². The molecule has 0 fully saturated rings. The number of aliphatic hydroxyl groups is 1. The largest absolute Gasteiger partial charge is 0.497 e. The molecule has 2 amide bonds. The predicted molar refractivity (Wildman–Crippen MR) is 170 cm³/mol. The summed E-state index contributed by atoms with van der Waals surface area (Å²) in [5.41, 5.74) is 7.48. The van der Waals surface area contributed by atoms with E-state index >= 15 is 0 Å². The molecule has 7 nitrogen and oxygen atoms in total. The summed E-state index contributed by atoms with van der Waals surface area (Å²) < 4.78 is 5.34. The first kappa shape index (κ1) is 33.7. The molecule has 3 rings (SSSR count). The lowest BCUT2D eigenvalue weighted by molar-refractivity contribution is -0.145. The summed E-state index contributed by atoms with van der Waals surface area (Å²) in [5.74, 6) is -0.586. The molecule has 0 radical (unpaired) electrons. The summed E-state index contributed by atoms with van der Waals surface area (Å²) in [6, 6.07) is 12.9.